The van der Waals surface area contributed by atoms with E-state index in [1.165, 1.54) is 30.1 Å². The Hall–Kier alpha value is -7.09. The molecule has 6 aromatic carbocycles. The van der Waals surface area contributed by atoms with E-state index in [0.717, 1.165) is 5.56 Å². The molecule has 10 rings (SSSR count). The fourth-order valence-electron chi connectivity index (χ4n) is 9.89. The molecule has 0 amide bonds. The molecule has 0 radical (unpaired) electrons. The summed E-state index contributed by atoms with van der Waals surface area (Å²) in [5.74, 6) is -1.42. The van der Waals surface area contributed by atoms with E-state index in [0.29, 0.717) is 52.0 Å². The lowest BCUT2D eigenvalue weighted by Crippen LogP contribution is -2.52. The van der Waals surface area contributed by atoms with Crippen molar-refractivity contribution in [1.29, 1.82) is 0 Å². The van der Waals surface area contributed by atoms with Crippen molar-refractivity contribution in [1.82, 2.24) is 19.5 Å². The van der Waals surface area contributed by atoms with Crippen LogP contribution in [0.3, 0.4) is 0 Å². The minimum Gasteiger partial charge on any atom is -0.861 e. The van der Waals surface area contributed by atoms with Crippen molar-refractivity contribution in [2.24, 2.45) is 4.99 Å². The van der Waals surface area contributed by atoms with Crippen LogP contribution in [0.25, 0.3) is 11.2 Å². The summed E-state index contributed by atoms with van der Waals surface area (Å²) in [6.07, 6.45) is -3.42. The van der Waals surface area contributed by atoms with Gasteiger partial charge in [-0.25, -0.2) is 14.4 Å². The van der Waals surface area contributed by atoms with E-state index in [9.17, 15) is 14.6 Å². The third-order valence-corrected chi connectivity index (χ3v) is 14.7. The molecule has 0 bridgehead atoms. The summed E-state index contributed by atoms with van der Waals surface area (Å²) >= 11 is 13.0. The monoisotopic (exact) mass is 1120 g/mol. The van der Waals surface area contributed by atoms with Crippen LogP contribution in [0.1, 0.15) is 41.3 Å². The highest BCUT2D eigenvalue weighted by molar-refractivity contribution is 7.32. The summed E-state index contributed by atoms with van der Waals surface area (Å²) in [5.41, 5.74) is 2.02. The number of rotatable bonds is 20. The Morgan fingerprint density at radius 1 is 0.833 bits per heavy atom. The molecule has 21 heteroatoms. The van der Waals surface area contributed by atoms with Gasteiger partial charge in [0, 0.05) is 55.1 Å². The SMILES string of the molecule is COc1ccc(C(OC[C@H]2O[C@@H](n3cnc4c(Oc5cc(Cl)ccc5Cl)nc(N=C([O-])Cc5ccccc5)nc43)[C@H](OC3(OC)CCN(c4ccccc4F)CC3)[C@@H]2O[P+](=O)O)(c2ccccc2)c2ccc(OC)cc2)cc1. The Bertz CT molecular complexity index is 3350. The second kappa shape index (κ2) is 23.9. The molecule has 8 aromatic rings. The molecule has 17 nitrogen and oxygen atoms in total. The lowest BCUT2D eigenvalue weighted by molar-refractivity contribution is -0.274. The van der Waals surface area contributed by atoms with Gasteiger partial charge in [0.05, 0.1) is 37.9 Å². The maximum Gasteiger partial charge on any atom is 0.695 e. The lowest BCUT2D eigenvalue weighted by atomic mass is 9.80. The number of piperidine rings is 1. The second-order valence-electron chi connectivity index (χ2n) is 18.3. The predicted molar refractivity (Wildman–Crippen MR) is 288 cm³/mol. The van der Waals surface area contributed by atoms with Crippen LogP contribution < -0.4 is 24.2 Å². The zero-order valence-electron chi connectivity index (χ0n) is 42.4. The number of para-hydroxylation sites is 1. The standard InChI is InChI=1S/C57H52Cl2FN6O11P/c1-70-41-23-18-38(19-24-41)57(37-14-8-5-9-15-37,39-20-25-42(71-2)26-21-39)73-34-47-50(77-78(68)69)51(76-56(72-3)28-30-65(31-29-56)45-17-11-10-16-44(45)60)54(75-47)66-35-61-49-52(66)63-55(62-48(67)32-36-12-6-4-7-13-36)64-53(49)74-46-33-40(58)22-27-43(46)59/h4-27,33,35,47,50-51,54H,28-32,34H2,1-3H3,(H-,62,63,64,67,68,69)/t47-,50-,51-,54-/m1/s1. The second-order valence-corrected chi connectivity index (χ2v) is 19.9. The highest BCUT2D eigenvalue weighted by Gasteiger charge is 2.56. The van der Waals surface area contributed by atoms with E-state index in [1.807, 2.05) is 102 Å². The van der Waals surface area contributed by atoms with Crippen LogP contribution in [0.15, 0.2) is 163 Å². The number of halogens is 3. The molecule has 1 unspecified atom stereocenters. The first-order chi connectivity index (χ1) is 37.9. The number of ether oxygens (including phenoxy) is 7. The number of imidazole rings is 1. The molecule has 78 heavy (non-hydrogen) atoms. The van der Waals surface area contributed by atoms with Crippen molar-refractivity contribution in [2.75, 3.05) is 45.9 Å². The zero-order valence-corrected chi connectivity index (χ0v) is 44.8. The van der Waals surface area contributed by atoms with Crippen LogP contribution in [-0.4, -0.2) is 95.4 Å². The van der Waals surface area contributed by atoms with Crippen molar-refractivity contribution < 1.29 is 56.6 Å². The molecule has 2 aromatic heterocycles. The number of benzene rings is 6. The third-order valence-electron chi connectivity index (χ3n) is 13.8. The van der Waals surface area contributed by atoms with E-state index >= 15 is 4.39 Å². The number of aliphatic imine (C=N–C) groups is 1. The fourth-order valence-corrected chi connectivity index (χ4v) is 10.7. The minimum atomic E-state index is -3.35. The number of nitrogens with zero attached hydrogens (tertiary/aromatic N) is 6. The van der Waals surface area contributed by atoms with Gasteiger partial charge in [0.1, 0.15) is 40.9 Å². The van der Waals surface area contributed by atoms with Gasteiger partial charge in [0.25, 0.3) is 11.8 Å². The topological polar surface area (TPSA) is 193 Å². The minimum absolute atomic E-state index is 0.0488. The molecule has 2 saturated heterocycles. The Kier molecular flexibility index (Phi) is 16.6. The van der Waals surface area contributed by atoms with Gasteiger partial charge < -0.3 is 43.2 Å². The van der Waals surface area contributed by atoms with Crippen LogP contribution in [0, 0.1) is 5.82 Å². The summed E-state index contributed by atoms with van der Waals surface area (Å²) in [6, 6.07) is 44.7. The average molecular weight is 1120 g/mol. The van der Waals surface area contributed by atoms with Gasteiger partial charge in [-0.1, -0.05) is 120 Å². The van der Waals surface area contributed by atoms with Crippen LogP contribution in [-0.2, 0) is 40.1 Å². The Morgan fingerprint density at radius 2 is 1.46 bits per heavy atom. The van der Waals surface area contributed by atoms with Gasteiger partial charge in [-0.05, 0) is 76.7 Å². The number of hydrogen-bond acceptors (Lipinski definition) is 15. The lowest BCUT2D eigenvalue weighted by Gasteiger charge is -2.43. The molecule has 0 spiro atoms. The summed E-state index contributed by atoms with van der Waals surface area (Å²) in [5, 5.41) is 14.1. The van der Waals surface area contributed by atoms with Gasteiger partial charge >= 0.3 is 8.25 Å². The highest BCUT2D eigenvalue weighted by Crippen LogP contribution is 2.47. The largest absolute Gasteiger partial charge is 0.861 e. The molecule has 0 aliphatic carbocycles. The number of hydrogen-bond donors (Lipinski definition) is 1. The fraction of sp³-hybridized carbons (Fsp3) is 0.263. The Morgan fingerprint density at radius 3 is 2.09 bits per heavy atom. The average Bonchev–Trinajstić information content (AvgIpc) is 4.23. The zero-order chi connectivity index (χ0) is 54.4. The smallest absolute Gasteiger partial charge is 0.695 e. The van der Waals surface area contributed by atoms with Crippen molar-refractivity contribution >= 4 is 60.2 Å². The first-order valence-electron chi connectivity index (χ1n) is 24.7. The van der Waals surface area contributed by atoms with Gasteiger partial charge in [0.15, 0.2) is 29.3 Å². The van der Waals surface area contributed by atoms with E-state index in [-0.39, 0.29) is 65.5 Å². The molecule has 2 aliphatic heterocycles. The number of fused-ring (bicyclic) bond motifs is 1. The van der Waals surface area contributed by atoms with E-state index < -0.39 is 50.1 Å². The van der Waals surface area contributed by atoms with Crippen LogP contribution in [0.4, 0.5) is 16.0 Å². The summed E-state index contributed by atoms with van der Waals surface area (Å²) < 4.78 is 81.2. The van der Waals surface area contributed by atoms with Crippen molar-refractivity contribution in [3.05, 3.63) is 196 Å². The highest BCUT2D eigenvalue weighted by atomic mass is 35.5. The first-order valence-corrected chi connectivity index (χ1v) is 26.6. The third kappa shape index (κ3) is 11.5. The van der Waals surface area contributed by atoms with Gasteiger partial charge in [-0.2, -0.15) is 9.97 Å². The molecular formula is C57H52Cl2FN6O11P. The molecule has 2 fully saturated rings. The quantitative estimate of drug-likeness (QED) is 0.0249. The van der Waals surface area contributed by atoms with Gasteiger partial charge in [-0.3, -0.25) is 4.57 Å². The van der Waals surface area contributed by atoms with E-state index in [2.05, 4.69) is 9.98 Å². The molecule has 4 heterocycles. The molecular weight excluding hydrogens is 1070 g/mol. The van der Waals surface area contributed by atoms with Crippen molar-refractivity contribution in [2.45, 2.75) is 55.2 Å². The molecule has 5 atom stereocenters. The van der Waals surface area contributed by atoms with Crippen molar-refractivity contribution in [3.8, 4) is 23.1 Å². The summed E-state index contributed by atoms with van der Waals surface area (Å²) in [7, 11) is 1.31. The van der Waals surface area contributed by atoms with E-state index in [1.54, 1.807) is 56.7 Å². The summed E-state index contributed by atoms with van der Waals surface area (Å²) in [4.78, 5) is 31.0. The summed E-state index contributed by atoms with van der Waals surface area (Å²) in [6.45, 7) is 0.313. The van der Waals surface area contributed by atoms with Crippen molar-refractivity contribution in [3.63, 3.8) is 0 Å². The van der Waals surface area contributed by atoms with E-state index in [4.69, 9.17) is 70.9 Å². The van der Waals surface area contributed by atoms with Gasteiger partial charge in [-0.15, -0.1) is 9.42 Å². The number of aromatic nitrogens is 4. The van der Waals surface area contributed by atoms with Crippen LogP contribution >= 0.6 is 31.5 Å². The maximum absolute atomic E-state index is 15.2. The number of anilines is 1. The van der Waals surface area contributed by atoms with Crippen LogP contribution in [0.2, 0.25) is 10.0 Å². The van der Waals surface area contributed by atoms with Crippen LogP contribution in [0.5, 0.6) is 23.1 Å². The maximum atomic E-state index is 15.2. The Balaban J connectivity index is 1.11. The normalized spacial score (nSPS) is 18.7. The number of methoxy groups -OCH3 is 3. The molecule has 1 N–H and O–H groups in total. The predicted octanol–water partition coefficient (Wildman–Crippen LogP) is 10.7. The molecule has 2 aliphatic rings. The molecule has 402 valence electrons. The Labute approximate surface area is 459 Å². The van der Waals surface area contributed by atoms with Gasteiger partial charge in [0.2, 0.25) is 0 Å². The first kappa shape index (κ1) is 54.3. The molecule has 0 saturated carbocycles.